The van der Waals surface area contributed by atoms with E-state index in [1.807, 2.05) is 6.92 Å². The molecule has 0 radical (unpaired) electrons. The lowest BCUT2D eigenvalue weighted by molar-refractivity contribution is 0.364. The smallest absolute Gasteiger partial charge is 0.266 e. The van der Waals surface area contributed by atoms with E-state index in [9.17, 15) is 0 Å². The van der Waals surface area contributed by atoms with Crippen LogP contribution in [0.15, 0.2) is 34.9 Å². The van der Waals surface area contributed by atoms with Gasteiger partial charge in [0.05, 0.1) is 0 Å². The Morgan fingerprint density at radius 2 is 2.00 bits per heavy atom. The Hall–Kier alpha value is -1.84. The van der Waals surface area contributed by atoms with Crippen molar-refractivity contribution >= 4 is 5.95 Å². The van der Waals surface area contributed by atoms with Crippen molar-refractivity contribution in [1.82, 2.24) is 10.1 Å². The van der Waals surface area contributed by atoms with Gasteiger partial charge in [0.1, 0.15) is 0 Å². The summed E-state index contributed by atoms with van der Waals surface area (Å²) in [5.41, 5.74) is 1.59. The van der Waals surface area contributed by atoms with Gasteiger partial charge in [-0.15, -0.1) is 0 Å². The molecule has 1 fully saturated rings. The van der Waals surface area contributed by atoms with Gasteiger partial charge in [-0.05, 0) is 16.1 Å². The van der Waals surface area contributed by atoms with Gasteiger partial charge in [0, 0.05) is 25.9 Å². The molecular weight excluding hydrogens is 238 g/mol. The maximum atomic E-state index is 5.08. The molecule has 100 valence electrons. The number of hydrogen-bond acceptors (Lipinski definition) is 4. The van der Waals surface area contributed by atoms with Crippen molar-refractivity contribution in [3.63, 3.8) is 0 Å². The first-order valence-corrected chi connectivity index (χ1v) is 6.66. The lowest BCUT2D eigenvalue weighted by Crippen LogP contribution is -2.24. The lowest BCUT2D eigenvalue weighted by Gasteiger charge is -2.25. The molecule has 2 heterocycles. The zero-order valence-electron chi connectivity index (χ0n) is 11.6. The molecule has 1 aromatic heterocycles. The fourth-order valence-corrected chi connectivity index (χ4v) is 2.95. The van der Waals surface area contributed by atoms with Crippen molar-refractivity contribution in [3.8, 4) is 0 Å². The van der Waals surface area contributed by atoms with Crippen molar-refractivity contribution in [3.05, 3.63) is 41.8 Å². The van der Waals surface area contributed by atoms with Crippen LogP contribution in [-0.2, 0) is 0 Å². The number of rotatable bonds is 2. The minimum Gasteiger partial charge on any atom is -0.338 e. The van der Waals surface area contributed by atoms with E-state index in [1.165, 1.54) is 5.56 Å². The maximum Gasteiger partial charge on any atom is 0.266 e. The van der Waals surface area contributed by atoms with Gasteiger partial charge in [-0.25, -0.2) is 0 Å². The molecule has 0 aliphatic carbocycles. The highest BCUT2D eigenvalue weighted by atomic mass is 16.5. The highest BCUT2D eigenvalue weighted by Crippen LogP contribution is 2.43. The number of aryl methyl sites for hydroxylation is 1. The minimum atomic E-state index is 0.204. The predicted molar refractivity (Wildman–Crippen MR) is 74.2 cm³/mol. The molecule has 1 atom stereocenters. The van der Waals surface area contributed by atoms with Crippen LogP contribution < -0.4 is 4.90 Å². The third-order valence-electron chi connectivity index (χ3n) is 3.95. The van der Waals surface area contributed by atoms with Gasteiger partial charge >= 0.3 is 0 Å². The van der Waals surface area contributed by atoms with Crippen LogP contribution in [-0.4, -0.2) is 23.2 Å². The maximum absolute atomic E-state index is 5.08. The molecule has 3 rings (SSSR count). The van der Waals surface area contributed by atoms with E-state index < -0.39 is 0 Å². The largest absolute Gasteiger partial charge is 0.338 e. The number of hydrogen-bond donors (Lipinski definition) is 0. The van der Waals surface area contributed by atoms with Crippen LogP contribution >= 0.6 is 0 Å². The van der Waals surface area contributed by atoms with Gasteiger partial charge in [-0.2, -0.15) is 4.98 Å². The third kappa shape index (κ3) is 2.23. The van der Waals surface area contributed by atoms with E-state index in [-0.39, 0.29) is 5.41 Å². The molecule has 0 bridgehead atoms. The van der Waals surface area contributed by atoms with E-state index in [0.717, 1.165) is 13.1 Å². The Balaban J connectivity index is 1.88. The topological polar surface area (TPSA) is 42.2 Å². The molecule has 0 spiro atoms. The third-order valence-corrected chi connectivity index (χ3v) is 3.95. The van der Waals surface area contributed by atoms with Crippen LogP contribution in [0.5, 0.6) is 0 Å². The molecule has 1 saturated heterocycles. The molecule has 0 amide bonds. The molecule has 4 heteroatoms. The highest BCUT2D eigenvalue weighted by molar-refractivity contribution is 5.37. The monoisotopic (exact) mass is 257 g/mol. The first-order valence-electron chi connectivity index (χ1n) is 6.66. The van der Waals surface area contributed by atoms with Crippen LogP contribution in [0.2, 0.25) is 0 Å². The molecule has 4 nitrogen and oxygen atoms in total. The van der Waals surface area contributed by atoms with E-state index in [0.29, 0.717) is 17.8 Å². The first kappa shape index (κ1) is 12.2. The average Bonchev–Trinajstić information content (AvgIpc) is 2.94. The number of anilines is 1. The fraction of sp³-hybridized carbons (Fsp3) is 0.467. The van der Waals surface area contributed by atoms with Crippen molar-refractivity contribution < 1.29 is 4.52 Å². The van der Waals surface area contributed by atoms with Crippen molar-refractivity contribution in [2.75, 3.05) is 18.0 Å². The van der Waals surface area contributed by atoms with Gasteiger partial charge in [0.2, 0.25) is 5.89 Å². The number of aromatic nitrogens is 2. The van der Waals surface area contributed by atoms with Gasteiger partial charge in [-0.3, -0.25) is 0 Å². The van der Waals surface area contributed by atoms with E-state index in [2.05, 4.69) is 59.2 Å². The molecule has 19 heavy (non-hydrogen) atoms. The summed E-state index contributed by atoms with van der Waals surface area (Å²) in [5.74, 6) is 1.83. The second kappa shape index (κ2) is 4.37. The molecule has 1 aliphatic heterocycles. The van der Waals surface area contributed by atoms with Gasteiger partial charge < -0.3 is 9.42 Å². The molecule has 0 N–H and O–H groups in total. The Labute approximate surface area is 113 Å². The highest BCUT2D eigenvalue weighted by Gasteiger charge is 2.41. The summed E-state index contributed by atoms with van der Waals surface area (Å²) >= 11 is 0. The van der Waals surface area contributed by atoms with Crippen LogP contribution in [0.25, 0.3) is 0 Å². The SMILES string of the molecule is Cc1nc(N2CC(c3ccccc3)C(C)(C)C2)no1. The van der Waals surface area contributed by atoms with Crippen LogP contribution in [0.4, 0.5) is 5.95 Å². The number of nitrogens with zero attached hydrogens (tertiary/aromatic N) is 3. The minimum absolute atomic E-state index is 0.204. The predicted octanol–water partition coefficient (Wildman–Crippen LogP) is 3.01. The molecule has 1 unspecified atom stereocenters. The Bertz CT molecular complexity index is 562. The normalized spacial score (nSPS) is 21.8. The Kier molecular flexibility index (Phi) is 2.81. The molecule has 1 aromatic carbocycles. The molecule has 1 aliphatic rings. The molecular formula is C15H19N3O. The standard InChI is InChI=1S/C15H19N3O/c1-11-16-14(17-19-11)18-9-13(15(2,3)10-18)12-7-5-4-6-8-12/h4-8,13H,9-10H2,1-3H3. The zero-order chi connectivity index (χ0) is 13.5. The van der Waals surface area contributed by atoms with Crippen LogP contribution in [0.3, 0.4) is 0 Å². The van der Waals surface area contributed by atoms with E-state index in [1.54, 1.807) is 0 Å². The first-order chi connectivity index (χ1) is 9.06. The summed E-state index contributed by atoms with van der Waals surface area (Å²) in [4.78, 5) is 6.55. The quantitative estimate of drug-likeness (QED) is 0.829. The van der Waals surface area contributed by atoms with Crippen molar-refractivity contribution in [2.24, 2.45) is 5.41 Å². The Morgan fingerprint density at radius 1 is 1.26 bits per heavy atom. The second-order valence-corrected chi connectivity index (χ2v) is 5.95. The molecule has 0 saturated carbocycles. The van der Waals surface area contributed by atoms with Crippen LogP contribution in [0, 0.1) is 12.3 Å². The van der Waals surface area contributed by atoms with Gasteiger partial charge in [-0.1, -0.05) is 44.2 Å². The van der Waals surface area contributed by atoms with Crippen molar-refractivity contribution in [2.45, 2.75) is 26.7 Å². The summed E-state index contributed by atoms with van der Waals surface area (Å²) in [5, 5.41) is 4.03. The second-order valence-electron chi connectivity index (χ2n) is 5.95. The fourth-order valence-electron chi connectivity index (χ4n) is 2.95. The van der Waals surface area contributed by atoms with Crippen molar-refractivity contribution in [1.29, 1.82) is 0 Å². The Morgan fingerprint density at radius 3 is 2.63 bits per heavy atom. The summed E-state index contributed by atoms with van der Waals surface area (Å²) in [6.07, 6.45) is 0. The van der Waals surface area contributed by atoms with Gasteiger partial charge in [0.15, 0.2) is 0 Å². The average molecular weight is 257 g/mol. The zero-order valence-corrected chi connectivity index (χ0v) is 11.6. The van der Waals surface area contributed by atoms with E-state index >= 15 is 0 Å². The molecule has 2 aromatic rings. The summed E-state index contributed by atoms with van der Waals surface area (Å²) < 4.78 is 5.08. The summed E-state index contributed by atoms with van der Waals surface area (Å²) in [6.45, 7) is 8.32. The lowest BCUT2D eigenvalue weighted by atomic mass is 9.78. The van der Waals surface area contributed by atoms with Crippen LogP contribution in [0.1, 0.15) is 31.2 Å². The van der Waals surface area contributed by atoms with E-state index in [4.69, 9.17) is 4.52 Å². The summed E-state index contributed by atoms with van der Waals surface area (Å²) in [6, 6.07) is 10.7. The number of benzene rings is 1. The van der Waals surface area contributed by atoms with Gasteiger partial charge in [0.25, 0.3) is 5.95 Å². The summed E-state index contributed by atoms with van der Waals surface area (Å²) in [7, 11) is 0.